The monoisotopic (exact) mass is 557 g/mol. The van der Waals surface area contributed by atoms with Gasteiger partial charge in [0.05, 0.1) is 0 Å². The van der Waals surface area contributed by atoms with Crippen molar-refractivity contribution in [1.82, 2.24) is 4.90 Å². The molecule has 0 aliphatic carbocycles. The minimum absolute atomic E-state index is 0. The SMILES string of the molecule is Br.CN(C)CCCCCCCCCCCCCCCCCC(Cc1ccccc1)Cc1ccccc1. The minimum atomic E-state index is 0. The largest absolute Gasteiger partial charge is 0.309 e. The third-order valence-electron chi connectivity index (χ3n) is 7.45. The van der Waals surface area contributed by atoms with Gasteiger partial charge in [0, 0.05) is 0 Å². The predicted molar refractivity (Wildman–Crippen MR) is 167 cm³/mol. The Labute approximate surface area is 235 Å². The van der Waals surface area contributed by atoms with E-state index in [2.05, 4.69) is 79.7 Å². The lowest BCUT2D eigenvalue weighted by Gasteiger charge is -2.17. The second-order valence-corrected chi connectivity index (χ2v) is 11.1. The first-order valence-corrected chi connectivity index (χ1v) is 15.0. The van der Waals surface area contributed by atoms with Gasteiger partial charge >= 0.3 is 0 Å². The smallest absolute Gasteiger partial charge is 0.00248 e. The van der Waals surface area contributed by atoms with Crippen molar-refractivity contribution in [3.05, 3.63) is 71.8 Å². The van der Waals surface area contributed by atoms with Crippen LogP contribution in [0.15, 0.2) is 60.7 Å². The molecule has 0 aromatic heterocycles. The number of hydrogen-bond donors (Lipinski definition) is 0. The molecule has 2 aromatic carbocycles. The molecule has 0 unspecified atom stereocenters. The summed E-state index contributed by atoms with van der Waals surface area (Å²) in [6.45, 7) is 1.25. The van der Waals surface area contributed by atoms with Gasteiger partial charge in [-0.25, -0.2) is 0 Å². The molecule has 0 bridgehead atoms. The lowest BCUT2D eigenvalue weighted by molar-refractivity contribution is 0.389. The van der Waals surface area contributed by atoms with E-state index in [1.165, 1.54) is 133 Å². The minimum Gasteiger partial charge on any atom is -0.309 e. The van der Waals surface area contributed by atoms with Gasteiger partial charge in [0.1, 0.15) is 0 Å². The summed E-state index contributed by atoms with van der Waals surface area (Å²) in [6.07, 6.45) is 25.3. The average molecular weight is 559 g/mol. The highest BCUT2D eigenvalue weighted by atomic mass is 79.9. The molecule has 2 aromatic rings. The highest BCUT2D eigenvalue weighted by Crippen LogP contribution is 2.22. The summed E-state index contributed by atoms with van der Waals surface area (Å²) in [5.74, 6) is 0.762. The van der Waals surface area contributed by atoms with Crippen molar-refractivity contribution in [3.8, 4) is 0 Å². The van der Waals surface area contributed by atoms with Crippen molar-refractivity contribution in [2.24, 2.45) is 5.92 Å². The fourth-order valence-corrected chi connectivity index (χ4v) is 5.33. The molecule has 0 N–H and O–H groups in total. The summed E-state index contributed by atoms with van der Waals surface area (Å²) >= 11 is 0. The first-order valence-electron chi connectivity index (χ1n) is 15.0. The van der Waals surface area contributed by atoms with Crippen LogP contribution in [0, 0.1) is 5.92 Å². The average Bonchev–Trinajstić information content (AvgIpc) is 2.87. The number of rotatable bonds is 22. The molecule has 0 saturated carbocycles. The second kappa shape index (κ2) is 23.0. The van der Waals surface area contributed by atoms with Crippen LogP contribution in [0.4, 0.5) is 0 Å². The van der Waals surface area contributed by atoms with Crippen molar-refractivity contribution in [1.29, 1.82) is 0 Å². The predicted octanol–water partition coefficient (Wildman–Crippen LogP) is 10.5. The summed E-state index contributed by atoms with van der Waals surface area (Å²) in [5.41, 5.74) is 2.99. The van der Waals surface area contributed by atoms with E-state index in [0.717, 1.165) is 5.92 Å². The maximum Gasteiger partial charge on any atom is -0.00248 e. The van der Waals surface area contributed by atoms with Crippen LogP contribution in [0.1, 0.15) is 114 Å². The number of nitrogens with zero attached hydrogens (tertiary/aromatic N) is 1. The quantitative estimate of drug-likeness (QED) is 0.130. The molecule has 0 amide bonds. The Morgan fingerprint density at radius 2 is 0.806 bits per heavy atom. The standard InChI is InChI=1S/C34H55N.BrH/c1-35(2)29-23-15-13-11-9-7-5-3-4-6-8-10-12-14-18-28-34(30-32-24-19-16-20-25-32)31-33-26-21-17-22-27-33;/h16-17,19-22,24-27,34H,3-15,18,23,28-31H2,1-2H3;1H. The lowest BCUT2D eigenvalue weighted by atomic mass is 9.88. The number of hydrogen-bond acceptors (Lipinski definition) is 1. The van der Waals surface area contributed by atoms with Crippen LogP contribution in [0.5, 0.6) is 0 Å². The molecule has 204 valence electrons. The van der Waals surface area contributed by atoms with E-state index in [0.29, 0.717) is 0 Å². The van der Waals surface area contributed by atoms with E-state index >= 15 is 0 Å². The Bertz CT molecular complexity index is 658. The van der Waals surface area contributed by atoms with Gasteiger partial charge in [-0.05, 0) is 63.4 Å². The second-order valence-electron chi connectivity index (χ2n) is 11.1. The zero-order valence-corrected chi connectivity index (χ0v) is 25.4. The van der Waals surface area contributed by atoms with Gasteiger partial charge in [0.25, 0.3) is 0 Å². The fourth-order valence-electron chi connectivity index (χ4n) is 5.33. The summed E-state index contributed by atoms with van der Waals surface area (Å²) in [5, 5.41) is 0. The molecule has 36 heavy (non-hydrogen) atoms. The summed E-state index contributed by atoms with van der Waals surface area (Å²) in [7, 11) is 4.35. The van der Waals surface area contributed by atoms with Crippen molar-refractivity contribution in [3.63, 3.8) is 0 Å². The summed E-state index contributed by atoms with van der Waals surface area (Å²) in [4.78, 5) is 2.30. The number of halogens is 1. The van der Waals surface area contributed by atoms with E-state index in [1.807, 2.05) is 0 Å². The van der Waals surface area contributed by atoms with Crippen LogP contribution in [-0.4, -0.2) is 25.5 Å². The molecule has 2 rings (SSSR count). The first kappa shape index (κ1) is 32.9. The topological polar surface area (TPSA) is 3.24 Å². The van der Waals surface area contributed by atoms with Gasteiger partial charge < -0.3 is 4.90 Å². The van der Waals surface area contributed by atoms with Gasteiger partial charge in [-0.3, -0.25) is 0 Å². The maximum atomic E-state index is 2.30. The molecule has 0 saturated heterocycles. The van der Waals surface area contributed by atoms with Gasteiger partial charge in [-0.2, -0.15) is 0 Å². The van der Waals surface area contributed by atoms with Gasteiger partial charge in [0.2, 0.25) is 0 Å². The maximum absolute atomic E-state index is 2.30. The Hall–Kier alpha value is -1.12. The zero-order chi connectivity index (χ0) is 24.8. The van der Waals surface area contributed by atoms with E-state index < -0.39 is 0 Å². The fraction of sp³-hybridized carbons (Fsp3) is 0.647. The molecular weight excluding hydrogens is 502 g/mol. The molecule has 0 spiro atoms. The molecule has 0 heterocycles. The van der Waals surface area contributed by atoms with Crippen molar-refractivity contribution in [2.75, 3.05) is 20.6 Å². The Balaban J connectivity index is 0.00000648. The van der Waals surface area contributed by atoms with E-state index in [4.69, 9.17) is 0 Å². The number of benzene rings is 2. The molecule has 0 aliphatic rings. The van der Waals surface area contributed by atoms with Crippen LogP contribution < -0.4 is 0 Å². The van der Waals surface area contributed by atoms with Crippen LogP contribution in [-0.2, 0) is 12.8 Å². The third kappa shape index (κ3) is 18.2. The Kier molecular flexibility index (Phi) is 21.1. The highest BCUT2D eigenvalue weighted by molar-refractivity contribution is 8.93. The molecule has 0 radical (unpaired) electrons. The molecular formula is C34H56BrN. The van der Waals surface area contributed by atoms with Crippen molar-refractivity contribution in [2.45, 2.75) is 116 Å². The van der Waals surface area contributed by atoms with E-state index in [1.54, 1.807) is 0 Å². The van der Waals surface area contributed by atoms with Gasteiger partial charge in [-0.1, -0.05) is 151 Å². The summed E-state index contributed by atoms with van der Waals surface area (Å²) < 4.78 is 0. The molecule has 2 heteroatoms. The van der Waals surface area contributed by atoms with Gasteiger partial charge in [-0.15, -0.1) is 17.0 Å². The Morgan fingerprint density at radius 3 is 1.17 bits per heavy atom. The normalized spacial score (nSPS) is 11.2. The van der Waals surface area contributed by atoms with E-state index in [9.17, 15) is 0 Å². The molecule has 0 atom stereocenters. The lowest BCUT2D eigenvalue weighted by Crippen LogP contribution is -2.12. The molecule has 1 nitrogen and oxygen atoms in total. The Morgan fingerprint density at radius 1 is 0.472 bits per heavy atom. The number of unbranched alkanes of at least 4 members (excludes halogenated alkanes) is 14. The van der Waals surface area contributed by atoms with Crippen molar-refractivity contribution < 1.29 is 0 Å². The highest BCUT2D eigenvalue weighted by Gasteiger charge is 2.11. The third-order valence-corrected chi connectivity index (χ3v) is 7.45. The summed E-state index contributed by atoms with van der Waals surface area (Å²) in [6, 6.07) is 22.2. The first-order chi connectivity index (χ1) is 17.2. The zero-order valence-electron chi connectivity index (χ0n) is 23.6. The molecule has 0 fully saturated rings. The van der Waals surface area contributed by atoms with E-state index in [-0.39, 0.29) is 17.0 Å². The van der Waals surface area contributed by atoms with Crippen LogP contribution in [0.25, 0.3) is 0 Å². The van der Waals surface area contributed by atoms with Crippen LogP contribution >= 0.6 is 17.0 Å². The van der Waals surface area contributed by atoms with Crippen molar-refractivity contribution >= 4 is 17.0 Å². The van der Waals surface area contributed by atoms with Gasteiger partial charge in [0.15, 0.2) is 0 Å². The van der Waals surface area contributed by atoms with Crippen LogP contribution in [0.3, 0.4) is 0 Å². The van der Waals surface area contributed by atoms with Crippen LogP contribution in [0.2, 0.25) is 0 Å². The molecule has 0 aliphatic heterocycles.